The van der Waals surface area contributed by atoms with Crippen molar-refractivity contribution in [1.82, 2.24) is 4.98 Å². The van der Waals surface area contributed by atoms with Crippen LogP contribution in [0.2, 0.25) is 5.15 Å². The zero-order valence-corrected chi connectivity index (χ0v) is 7.97. The first-order chi connectivity index (χ1) is 6.95. The molecule has 0 N–H and O–H groups in total. The maximum absolute atomic E-state index is 12.2. The van der Waals surface area contributed by atoms with Crippen LogP contribution in [-0.2, 0) is 6.18 Å². The first kappa shape index (κ1) is 11.5. The molecule has 2 nitrogen and oxygen atoms in total. The Balaban J connectivity index is 3.18. The first-order valence-electron chi connectivity index (χ1n) is 3.74. The van der Waals surface area contributed by atoms with Crippen molar-refractivity contribution < 1.29 is 13.2 Å². The number of aromatic nitrogens is 1. The lowest BCUT2D eigenvalue weighted by Crippen LogP contribution is -2.05. The van der Waals surface area contributed by atoms with E-state index < -0.39 is 11.7 Å². The molecule has 6 heteroatoms. The van der Waals surface area contributed by atoms with Gasteiger partial charge in [0, 0.05) is 17.8 Å². The van der Waals surface area contributed by atoms with Crippen LogP contribution in [0.4, 0.5) is 13.2 Å². The van der Waals surface area contributed by atoms with E-state index in [1.54, 1.807) is 6.07 Å². The molecule has 1 heterocycles. The molecule has 0 saturated heterocycles. The fraction of sp³-hybridized carbons (Fsp3) is 0.111. The van der Waals surface area contributed by atoms with Crippen LogP contribution in [0.1, 0.15) is 11.1 Å². The number of hydrogen-bond donors (Lipinski definition) is 0. The largest absolute Gasteiger partial charge is 0.417 e. The Morgan fingerprint density at radius 3 is 2.67 bits per heavy atom. The minimum Gasteiger partial charge on any atom is -0.243 e. The van der Waals surface area contributed by atoms with Crippen LogP contribution >= 0.6 is 11.6 Å². The third kappa shape index (κ3) is 2.96. The summed E-state index contributed by atoms with van der Waals surface area (Å²) in [5, 5.41) is 8.15. The Kier molecular flexibility index (Phi) is 3.32. The van der Waals surface area contributed by atoms with Crippen LogP contribution < -0.4 is 0 Å². The fourth-order valence-corrected chi connectivity index (χ4v) is 1.03. The Morgan fingerprint density at radius 2 is 2.13 bits per heavy atom. The van der Waals surface area contributed by atoms with Crippen LogP contribution in [0.5, 0.6) is 0 Å². The summed E-state index contributed by atoms with van der Waals surface area (Å²) in [5.41, 5.74) is -0.836. The van der Waals surface area contributed by atoms with Crippen molar-refractivity contribution in [3.05, 3.63) is 34.6 Å². The van der Waals surface area contributed by atoms with Gasteiger partial charge in [-0.1, -0.05) is 11.6 Å². The molecule has 0 aliphatic heterocycles. The molecule has 0 bridgehead atoms. The van der Waals surface area contributed by atoms with E-state index in [1.165, 1.54) is 6.08 Å². The fourth-order valence-electron chi connectivity index (χ4n) is 0.864. The van der Waals surface area contributed by atoms with E-state index in [-0.39, 0.29) is 10.7 Å². The van der Waals surface area contributed by atoms with Gasteiger partial charge < -0.3 is 0 Å². The molecule has 0 aliphatic carbocycles. The summed E-state index contributed by atoms with van der Waals surface area (Å²) in [7, 11) is 0. The van der Waals surface area contributed by atoms with Gasteiger partial charge in [0.1, 0.15) is 5.15 Å². The molecule has 0 radical (unpaired) electrons. The molecule has 0 saturated carbocycles. The third-order valence-electron chi connectivity index (χ3n) is 1.53. The number of hydrogen-bond acceptors (Lipinski definition) is 2. The lowest BCUT2D eigenvalue weighted by atomic mass is 10.2. The summed E-state index contributed by atoms with van der Waals surface area (Å²) >= 11 is 5.54. The van der Waals surface area contributed by atoms with Gasteiger partial charge in [-0.2, -0.15) is 18.4 Å². The van der Waals surface area contributed by atoms with Crippen LogP contribution in [0, 0.1) is 11.3 Å². The molecule has 0 aromatic carbocycles. The standard InChI is InChI=1S/C9H4ClF3N2/c10-8-6(2-1-3-14)4-7(5-15-8)9(11,12)13/h1-2,4-5H. The summed E-state index contributed by atoms with van der Waals surface area (Å²) in [6.07, 6.45) is -1.62. The topological polar surface area (TPSA) is 36.7 Å². The smallest absolute Gasteiger partial charge is 0.243 e. The van der Waals surface area contributed by atoms with E-state index in [4.69, 9.17) is 16.9 Å². The monoisotopic (exact) mass is 232 g/mol. The van der Waals surface area contributed by atoms with E-state index in [0.29, 0.717) is 6.20 Å². The predicted octanol–water partition coefficient (Wildman–Crippen LogP) is 3.29. The second-order valence-electron chi connectivity index (χ2n) is 2.56. The van der Waals surface area contributed by atoms with Gasteiger partial charge in [-0.3, -0.25) is 0 Å². The molecule has 0 unspecified atom stereocenters. The zero-order chi connectivity index (χ0) is 11.5. The van der Waals surface area contributed by atoms with Gasteiger partial charge in [0.05, 0.1) is 11.6 Å². The summed E-state index contributed by atoms with van der Waals surface area (Å²) < 4.78 is 36.7. The van der Waals surface area contributed by atoms with Crippen LogP contribution in [0.3, 0.4) is 0 Å². The molecule has 1 rings (SSSR count). The maximum atomic E-state index is 12.2. The van der Waals surface area contributed by atoms with Crippen LogP contribution in [0.25, 0.3) is 6.08 Å². The first-order valence-corrected chi connectivity index (χ1v) is 4.12. The molecular weight excluding hydrogens is 229 g/mol. The highest BCUT2D eigenvalue weighted by Gasteiger charge is 2.31. The number of allylic oxidation sites excluding steroid dienone is 1. The number of alkyl halides is 3. The summed E-state index contributed by atoms with van der Waals surface area (Å²) in [6.45, 7) is 0. The summed E-state index contributed by atoms with van der Waals surface area (Å²) in [6, 6.07) is 2.49. The van der Waals surface area contributed by atoms with Crippen LogP contribution in [0.15, 0.2) is 18.3 Å². The van der Waals surface area contributed by atoms with E-state index in [1.807, 2.05) is 0 Å². The molecule has 15 heavy (non-hydrogen) atoms. The van der Waals surface area contributed by atoms with E-state index in [2.05, 4.69) is 4.98 Å². The minimum atomic E-state index is -4.47. The van der Waals surface area contributed by atoms with E-state index >= 15 is 0 Å². The quantitative estimate of drug-likeness (QED) is 0.550. The average Bonchev–Trinajstić information content (AvgIpc) is 2.15. The Bertz CT molecular complexity index is 432. The van der Waals surface area contributed by atoms with E-state index in [9.17, 15) is 13.2 Å². The van der Waals surface area contributed by atoms with Gasteiger partial charge in [0.2, 0.25) is 0 Å². The molecular formula is C9H4ClF3N2. The molecule has 0 aliphatic rings. The highest BCUT2D eigenvalue weighted by Crippen LogP contribution is 2.30. The number of halogens is 4. The maximum Gasteiger partial charge on any atom is 0.417 e. The van der Waals surface area contributed by atoms with Crippen molar-refractivity contribution in [1.29, 1.82) is 5.26 Å². The zero-order valence-electron chi connectivity index (χ0n) is 7.22. The molecule has 0 atom stereocenters. The van der Waals surface area contributed by atoms with Gasteiger partial charge >= 0.3 is 6.18 Å². The minimum absolute atomic E-state index is 0.0630. The van der Waals surface area contributed by atoms with Crippen molar-refractivity contribution >= 4 is 17.7 Å². The normalized spacial score (nSPS) is 11.7. The van der Waals surface area contributed by atoms with Gasteiger partial charge in [-0.05, 0) is 12.1 Å². The number of nitriles is 1. The number of rotatable bonds is 1. The lowest BCUT2D eigenvalue weighted by molar-refractivity contribution is -0.137. The van der Waals surface area contributed by atoms with Gasteiger partial charge in [-0.25, -0.2) is 4.98 Å². The number of pyridine rings is 1. The molecule has 1 aromatic rings. The Labute approximate surface area is 88.6 Å². The number of nitrogens with zero attached hydrogens (tertiary/aromatic N) is 2. The van der Waals surface area contributed by atoms with Crippen molar-refractivity contribution in [2.75, 3.05) is 0 Å². The Hall–Kier alpha value is -1.54. The molecule has 0 spiro atoms. The van der Waals surface area contributed by atoms with Gasteiger partial charge in [0.25, 0.3) is 0 Å². The summed E-state index contributed by atoms with van der Waals surface area (Å²) in [5.74, 6) is 0. The van der Waals surface area contributed by atoms with E-state index in [0.717, 1.165) is 12.1 Å². The predicted molar refractivity (Wildman–Crippen MR) is 48.9 cm³/mol. The molecule has 78 valence electrons. The average molecular weight is 233 g/mol. The molecule has 0 fully saturated rings. The second kappa shape index (κ2) is 4.32. The second-order valence-corrected chi connectivity index (χ2v) is 2.92. The Morgan fingerprint density at radius 1 is 1.47 bits per heavy atom. The van der Waals surface area contributed by atoms with Gasteiger partial charge in [-0.15, -0.1) is 0 Å². The van der Waals surface area contributed by atoms with Crippen LogP contribution in [-0.4, -0.2) is 4.98 Å². The highest BCUT2D eigenvalue weighted by atomic mass is 35.5. The molecule has 0 amide bonds. The van der Waals surface area contributed by atoms with Crippen molar-refractivity contribution in [2.45, 2.75) is 6.18 Å². The van der Waals surface area contributed by atoms with Crippen molar-refractivity contribution in [3.63, 3.8) is 0 Å². The summed E-state index contributed by atoms with van der Waals surface area (Å²) in [4.78, 5) is 3.38. The van der Waals surface area contributed by atoms with Gasteiger partial charge in [0.15, 0.2) is 0 Å². The molecule has 1 aromatic heterocycles. The van der Waals surface area contributed by atoms with Crippen molar-refractivity contribution in [2.24, 2.45) is 0 Å². The van der Waals surface area contributed by atoms with Crippen molar-refractivity contribution in [3.8, 4) is 6.07 Å². The lowest BCUT2D eigenvalue weighted by Gasteiger charge is -2.07. The highest BCUT2D eigenvalue weighted by molar-refractivity contribution is 6.30. The SMILES string of the molecule is N#CC=Cc1cc(C(F)(F)F)cnc1Cl. The third-order valence-corrected chi connectivity index (χ3v) is 1.85.